The Kier molecular flexibility index (Phi) is 6.12. The highest BCUT2D eigenvalue weighted by Crippen LogP contribution is 2.36. The van der Waals surface area contributed by atoms with E-state index in [1.165, 1.54) is 29.8 Å². The molecule has 1 aliphatic rings. The van der Waals surface area contributed by atoms with Crippen LogP contribution in [0.4, 0.5) is 16.0 Å². The van der Waals surface area contributed by atoms with Crippen LogP contribution < -0.4 is 10.2 Å². The minimum absolute atomic E-state index is 0.123. The molecule has 0 radical (unpaired) electrons. The zero-order chi connectivity index (χ0) is 22.6. The van der Waals surface area contributed by atoms with Crippen LogP contribution in [-0.2, 0) is 4.79 Å². The number of carbonyl (C=O) groups is 1. The van der Waals surface area contributed by atoms with Gasteiger partial charge in [-0.2, -0.15) is 0 Å². The number of piperazine rings is 1. The van der Waals surface area contributed by atoms with E-state index in [4.69, 9.17) is 0 Å². The monoisotopic (exact) mass is 462 g/mol. The molecule has 4 aromatic rings. The Morgan fingerprint density at radius 3 is 2.61 bits per heavy atom. The largest absolute Gasteiger partial charge is 0.369 e. The van der Waals surface area contributed by atoms with E-state index in [1.807, 2.05) is 28.5 Å². The molecular weight excluding hydrogens is 439 g/mol. The zero-order valence-electron chi connectivity index (χ0n) is 17.9. The third-order valence-electron chi connectivity index (χ3n) is 5.76. The Bertz CT molecular complexity index is 1240. The van der Waals surface area contributed by atoms with Gasteiger partial charge in [0.15, 0.2) is 0 Å². The Morgan fingerprint density at radius 2 is 1.85 bits per heavy atom. The van der Waals surface area contributed by atoms with Gasteiger partial charge < -0.3 is 15.1 Å². The van der Waals surface area contributed by atoms with Crippen molar-refractivity contribution in [3.05, 3.63) is 66.2 Å². The Morgan fingerprint density at radius 1 is 1.03 bits per heavy atom. The lowest BCUT2D eigenvalue weighted by Gasteiger charge is -2.35. The molecule has 1 fully saturated rings. The molecule has 1 amide bonds. The van der Waals surface area contributed by atoms with Gasteiger partial charge in [-0.05, 0) is 29.8 Å². The minimum Gasteiger partial charge on any atom is -0.369 e. The molecule has 3 aromatic heterocycles. The van der Waals surface area contributed by atoms with Crippen molar-refractivity contribution >= 4 is 39.1 Å². The van der Waals surface area contributed by atoms with Crippen LogP contribution in [0, 0.1) is 5.82 Å². The Labute approximate surface area is 194 Å². The lowest BCUT2D eigenvalue weighted by Crippen LogP contribution is -2.49. The lowest BCUT2D eigenvalue weighted by atomic mass is 10.1. The van der Waals surface area contributed by atoms with E-state index >= 15 is 0 Å². The average Bonchev–Trinajstić information content (AvgIpc) is 3.30. The summed E-state index contributed by atoms with van der Waals surface area (Å²) in [6, 6.07) is 12.3. The van der Waals surface area contributed by atoms with Crippen LogP contribution in [0.2, 0.25) is 0 Å². The highest BCUT2D eigenvalue weighted by molar-refractivity contribution is 7.17. The molecule has 1 saturated heterocycles. The maximum Gasteiger partial charge on any atom is 0.224 e. The zero-order valence-corrected chi connectivity index (χ0v) is 18.8. The Hall–Kier alpha value is -3.59. The fourth-order valence-electron chi connectivity index (χ4n) is 4.02. The van der Waals surface area contributed by atoms with Gasteiger partial charge in [0.2, 0.25) is 5.91 Å². The van der Waals surface area contributed by atoms with Crippen molar-refractivity contribution in [1.82, 2.24) is 19.9 Å². The molecule has 0 saturated carbocycles. The number of nitrogens with one attached hydrogen (secondary N) is 1. The molecule has 0 atom stereocenters. The van der Waals surface area contributed by atoms with E-state index in [9.17, 15) is 9.18 Å². The molecule has 33 heavy (non-hydrogen) atoms. The summed E-state index contributed by atoms with van der Waals surface area (Å²) in [7, 11) is 0. The first-order chi connectivity index (χ1) is 16.2. The molecule has 1 N–H and O–H groups in total. The maximum absolute atomic E-state index is 13.3. The van der Waals surface area contributed by atoms with Gasteiger partial charge in [-0.25, -0.2) is 19.3 Å². The number of hydrogen-bond acceptors (Lipinski definition) is 7. The van der Waals surface area contributed by atoms with Gasteiger partial charge >= 0.3 is 0 Å². The minimum atomic E-state index is -0.271. The van der Waals surface area contributed by atoms with E-state index in [2.05, 4.69) is 25.2 Å². The fraction of sp³-hybridized carbons (Fsp3) is 0.250. The summed E-state index contributed by atoms with van der Waals surface area (Å²) in [5, 5.41) is 6.21. The van der Waals surface area contributed by atoms with Crippen molar-refractivity contribution in [2.24, 2.45) is 0 Å². The predicted octanol–water partition coefficient (Wildman–Crippen LogP) is 4.04. The van der Waals surface area contributed by atoms with Crippen LogP contribution in [-0.4, -0.2) is 58.5 Å². The summed E-state index contributed by atoms with van der Waals surface area (Å²) in [5.41, 5.74) is 1.86. The summed E-state index contributed by atoms with van der Waals surface area (Å²) in [4.78, 5) is 30.9. The number of halogens is 1. The topological polar surface area (TPSA) is 74.2 Å². The van der Waals surface area contributed by atoms with Crippen molar-refractivity contribution in [1.29, 1.82) is 0 Å². The van der Waals surface area contributed by atoms with Crippen LogP contribution in [0.25, 0.3) is 21.3 Å². The highest BCUT2D eigenvalue weighted by atomic mass is 32.1. The fourth-order valence-corrected chi connectivity index (χ4v) is 4.94. The third kappa shape index (κ3) is 4.63. The molecule has 168 valence electrons. The molecule has 5 rings (SSSR count). The van der Waals surface area contributed by atoms with Gasteiger partial charge in [0, 0.05) is 56.3 Å². The summed E-state index contributed by atoms with van der Waals surface area (Å²) in [5.74, 6) is 1.49. The van der Waals surface area contributed by atoms with Gasteiger partial charge in [-0.1, -0.05) is 18.2 Å². The van der Waals surface area contributed by atoms with Crippen LogP contribution in [0.1, 0.15) is 6.42 Å². The van der Waals surface area contributed by atoms with E-state index in [0.29, 0.717) is 31.9 Å². The second kappa shape index (κ2) is 9.50. The standard InChI is InChI=1S/C24H23FN6OS/c25-18-6-4-17(5-7-18)19-15-33-24-22(19)23(28-16-29-24)27-10-8-21(32)31-13-11-30(12-14-31)20-3-1-2-9-26-20/h1-7,9,15-16H,8,10-14H2,(H,27,28,29). The van der Waals surface area contributed by atoms with Gasteiger partial charge in [-0.15, -0.1) is 11.3 Å². The molecule has 0 spiro atoms. The molecule has 0 aliphatic carbocycles. The van der Waals surface area contributed by atoms with E-state index in [-0.39, 0.29) is 11.7 Å². The number of rotatable bonds is 6. The quantitative estimate of drug-likeness (QED) is 0.466. The number of hydrogen-bond donors (Lipinski definition) is 1. The van der Waals surface area contributed by atoms with Crippen molar-refractivity contribution in [2.45, 2.75) is 6.42 Å². The van der Waals surface area contributed by atoms with E-state index in [0.717, 1.165) is 40.3 Å². The van der Waals surface area contributed by atoms with Gasteiger partial charge in [0.25, 0.3) is 0 Å². The number of aromatic nitrogens is 3. The lowest BCUT2D eigenvalue weighted by molar-refractivity contribution is -0.131. The van der Waals surface area contributed by atoms with Gasteiger partial charge in [-0.3, -0.25) is 4.79 Å². The number of anilines is 2. The number of amides is 1. The molecule has 4 heterocycles. The van der Waals surface area contributed by atoms with Crippen LogP contribution in [0.15, 0.2) is 60.4 Å². The van der Waals surface area contributed by atoms with E-state index < -0.39 is 0 Å². The summed E-state index contributed by atoms with van der Waals surface area (Å²) < 4.78 is 13.3. The number of fused-ring (bicyclic) bond motifs is 1. The summed E-state index contributed by atoms with van der Waals surface area (Å²) in [6.45, 7) is 3.40. The third-order valence-corrected chi connectivity index (χ3v) is 6.65. The number of carbonyl (C=O) groups excluding carboxylic acids is 1. The number of pyridine rings is 1. The second-order valence-corrected chi connectivity index (χ2v) is 8.65. The van der Waals surface area contributed by atoms with Crippen molar-refractivity contribution in [3.8, 4) is 11.1 Å². The average molecular weight is 463 g/mol. The molecule has 0 unspecified atom stereocenters. The first-order valence-corrected chi connectivity index (χ1v) is 11.7. The molecule has 1 aliphatic heterocycles. The van der Waals surface area contributed by atoms with Crippen molar-refractivity contribution in [2.75, 3.05) is 42.9 Å². The van der Waals surface area contributed by atoms with Crippen molar-refractivity contribution < 1.29 is 9.18 Å². The molecule has 0 bridgehead atoms. The molecular formula is C24H23FN6OS. The van der Waals surface area contributed by atoms with Gasteiger partial charge in [0.05, 0.1) is 5.39 Å². The second-order valence-electron chi connectivity index (χ2n) is 7.79. The van der Waals surface area contributed by atoms with E-state index in [1.54, 1.807) is 18.3 Å². The highest BCUT2D eigenvalue weighted by Gasteiger charge is 2.21. The first kappa shape index (κ1) is 21.3. The van der Waals surface area contributed by atoms with Gasteiger partial charge in [0.1, 0.15) is 28.6 Å². The van der Waals surface area contributed by atoms with Crippen LogP contribution >= 0.6 is 11.3 Å². The molecule has 7 nitrogen and oxygen atoms in total. The first-order valence-electron chi connectivity index (χ1n) is 10.8. The Balaban J connectivity index is 1.21. The number of benzene rings is 1. The maximum atomic E-state index is 13.3. The van der Waals surface area contributed by atoms with Crippen LogP contribution in [0.5, 0.6) is 0 Å². The SMILES string of the molecule is O=C(CCNc1ncnc2scc(-c3ccc(F)cc3)c12)N1CCN(c2ccccn2)CC1. The molecule has 9 heteroatoms. The van der Waals surface area contributed by atoms with Crippen molar-refractivity contribution in [3.63, 3.8) is 0 Å². The number of nitrogens with zero attached hydrogens (tertiary/aromatic N) is 5. The van der Waals surface area contributed by atoms with Crippen LogP contribution in [0.3, 0.4) is 0 Å². The molecule has 1 aromatic carbocycles. The predicted molar refractivity (Wildman–Crippen MR) is 129 cm³/mol. The number of thiophene rings is 1. The normalized spacial score (nSPS) is 14.0. The summed E-state index contributed by atoms with van der Waals surface area (Å²) >= 11 is 1.52. The smallest absolute Gasteiger partial charge is 0.224 e. The summed E-state index contributed by atoms with van der Waals surface area (Å²) in [6.07, 6.45) is 3.69.